The fraction of sp³-hybridized carbons (Fsp3) is 0.423. The first kappa shape index (κ1) is 19.4. The third kappa shape index (κ3) is 2.86. The molecule has 6 heteroatoms. The Labute approximate surface area is 186 Å². The lowest BCUT2D eigenvalue weighted by atomic mass is 9.53. The molecule has 162 valence electrons. The summed E-state index contributed by atoms with van der Waals surface area (Å²) >= 11 is 0. The molecule has 1 atom stereocenters. The fourth-order valence-corrected chi connectivity index (χ4v) is 7.09. The van der Waals surface area contributed by atoms with Gasteiger partial charge in [0, 0.05) is 11.7 Å². The molecule has 32 heavy (non-hydrogen) atoms. The molecule has 5 aliphatic rings. The Hall–Kier alpha value is -3.24. The van der Waals surface area contributed by atoms with Crippen LogP contribution in [0.1, 0.15) is 32.1 Å². The average molecular weight is 428 g/mol. The number of nitrogens with zero attached hydrogens (tertiary/aromatic N) is 3. The summed E-state index contributed by atoms with van der Waals surface area (Å²) in [7, 11) is 0. The zero-order chi connectivity index (χ0) is 21.8. The molecule has 0 saturated heterocycles. The van der Waals surface area contributed by atoms with Gasteiger partial charge in [0.15, 0.2) is 0 Å². The second-order valence-corrected chi connectivity index (χ2v) is 9.75. The van der Waals surface area contributed by atoms with Crippen LogP contribution in [0.25, 0.3) is 0 Å². The Kier molecular flexibility index (Phi) is 4.51. The van der Waals surface area contributed by atoms with Gasteiger partial charge < -0.3 is 4.90 Å². The zero-order valence-electron chi connectivity index (χ0n) is 17.8. The van der Waals surface area contributed by atoms with Crippen LogP contribution in [0, 0.1) is 23.7 Å². The Balaban J connectivity index is 1.53. The summed E-state index contributed by atoms with van der Waals surface area (Å²) in [6, 6.07) is 15.5. The van der Waals surface area contributed by atoms with Crippen LogP contribution >= 0.6 is 0 Å². The molecular formula is C26H25N3O3. The van der Waals surface area contributed by atoms with Crippen molar-refractivity contribution in [2.75, 3.05) is 9.80 Å². The summed E-state index contributed by atoms with van der Waals surface area (Å²) in [6.45, 7) is 0. The fourth-order valence-electron chi connectivity index (χ4n) is 7.09. The molecule has 4 saturated carbocycles. The Morgan fingerprint density at radius 3 is 1.97 bits per heavy atom. The van der Waals surface area contributed by atoms with Crippen molar-refractivity contribution in [3.05, 3.63) is 54.6 Å². The lowest BCUT2D eigenvalue weighted by molar-refractivity contribution is -0.129. The SMILES string of the molecule is O=C=NC1C(=O)N(c2ccccc2)c2ccccc2N(C2C3CC4CC(C3)CC2C4)C1=O. The van der Waals surface area contributed by atoms with Crippen molar-refractivity contribution in [3.8, 4) is 0 Å². The predicted octanol–water partition coefficient (Wildman–Crippen LogP) is 4.23. The predicted molar refractivity (Wildman–Crippen MR) is 120 cm³/mol. The lowest BCUT2D eigenvalue weighted by Gasteiger charge is -2.57. The molecule has 6 nitrogen and oxygen atoms in total. The average Bonchev–Trinajstić information content (AvgIpc) is 2.88. The number of para-hydroxylation sites is 3. The van der Waals surface area contributed by atoms with Crippen LogP contribution in [0.5, 0.6) is 0 Å². The van der Waals surface area contributed by atoms with Crippen LogP contribution in [0.2, 0.25) is 0 Å². The van der Waals surface area contributed by atoms with Crippen LogP contribution in [-0.2, 0) is 14.4 Å². The van der Waals surface area contributed by atoms with Crippen molar-refractivity contribution < 1.29 is 14.4 Å². The van der Waals surface area contributed by atoms with Crippen molar-refractivity contribution in [1.29, 1.82) is 0 Å². The van der Waals surface area contributed by atoms with E-state index in [-0.39, 0.29) is 6.04 Å². The number of carbonyl (C=O) groups is 2. The first-order chi connectivity index (χ1) is 15.7. The molecule has 1 unspecified atom stereocenters. The van der Waals surface area contributed by atoms with Crippen molar-refractivity contribution in [3.63, 3.8) is 0 Å². The summed E-state index contributed by atoms with van der Waals surface area (Å²) < 4.78 is 0. The smallest absolute Gasteiger partial charge is 0.267 e. The van der Waals surface area contributed by atoms with Crippen LogP contribution in [0.4, 0.5) is 17.1 Å². The molecule has 0 spiro atoms. The van der Waals surface area contributed by atoms with Crippen molar-refractivity contribution >= 4 is 35.0 Å². The highest BCUT2D eigenvalue weighted by molar-refractivity contribution is 6.23. The molecule has 2 aromatic rings. The largest absolute Gasteiger partial charge is 0.304 e. The standard InChI is InChI=1S/C26H25N3O3/c30-15-27-23-25(31)28(20-6-2-1-3-7-20)21-8-4-5-9-22(21)29(26(23)32)24-18-11-16-10-17(13-18)14-19(24)12-16/h1-9,16-19,23-24H,10-14H2. The highest BCUT2D eigenvalue weighted by Gasteiger charge is 2.54. The molecule has 0 radical (unpaired) electrons. The number of rotatable bonds is 3. The maximum Gasteiger partial charge on any atom is 0.267 e. The monoisotopic (exact) mass is 427 g/mol. The molecule has 0 aromatic heterocycles. The van der Waals surface area contributed by atoms with E-state index < -0.39 is 17.9 Å². The van der Waals surface area contributed by atoms with Gasteiger partial charge in [0.05, 0.1) is 11.4 Å². The number of hydrogen-bond acceptors (Lipinski definition) is 4. The van der Waals surface area contributed by atoms with Crippen LogP contribution in [0.15, 0.2) is 59.6 Å². The third-order valence-electron chi connectivity index (χ3n) is 7.98. The summed E-state index contributed by atoms with van der Waals surface area (Å²) in [4.78, 5) is 46.0. The molecule has 4 bridgehead atoms. The first-order valence-electron chi connectivity index (χ1n) is 11.5. The maximum atomic E-state index is 13.9. The summed E-state index contributed by atoms with van der Waals surface area (Å²) in [5.41, 5.74) is 2.04. The number of benzene rings is 2. The topological polar surface area (TPSA) is 70.1 Å². The summed E-state index contributed by atoms with van der Waals surface area (Å²) in [5, 5.41) is 0. The molecule has 7 rings (SSSR count). The molecule has 4 aliphatic carbocycles. The van der Waals surface area contributed by atoms with E-state index in [4.69, 9.17) is 0 Å². The van der Waals surface area contributed by atoms with Crippen LogP contribution < -0.4 is 9.80 Å². The third-order valence-corrected chi connectivity index (χ3v) is 7.98. The van der Waals surface area contributed by atoms with Gasteiger partial charge in [0.25, 0.3) is 11.8 Å². The quantitative estimate of drug-likeness (QED) is 0.418. The lowest BCUT2D eigenvalue weighted by Crippen LogP contribution is -2.59. The number of isocyanates is 1. The van der Waals surface area contributed by atoms with Gasteiger partial charge in [0.1, 0.15) is 0 Å². The normalized spacial score (nSPS) is 33.0. The van der Waals surface area contributed by atoms with E-state index in [1.165, 1.54) is 17.4 Å². The second kappa shape index (κ2) is 7.42. The van der Waals surface area contributed by atoms with E-state index in [2.05, 4.69) is 4.99 Å². The molecule has 4 fully saturated rings. The molecule has 2 amide bonds. The minimum Gasteiger partial charge on any atom is -0.304 e. The number of carbonyl (C=O) groups excluding carboxylic acids is 3. The Morgan fingerprint density at radius 1 is 0.750 bits per heavy atom. The van der Waals surface area contributed by atoms with Crippen LogP contribution in [-0.4, -0.2) is 30.0 Å². The second-order valence-electron chi connectivity index (χ2n) is 9.75. The van der Waals surface area contributed by atoms with Gasteiger partial charge in [-0.2, -0.15) is 4.99 Å². The highest BCUT2D eigenvalue weighted by Crippen LogP contribution is 2.56. The number of anilines is 3. The summed E-state index contributed by atoms with van der Waals surface area (Å²) in [5.74, 6) is 1.48. The van der Waals surface area contributed by atoms with E-state index >= 15 is 0 Å². The van der Waals surface area contributed by atoms with E-state index in [0.29, 0.717) is 23.2 Å². The summed E-state index contributed by atoms with van der Waals surface area (Å²) in [6.07, 6.45) is 7.38. The van der Waals surface area contributed by atoms with E-state index in [0.717, 1.165) is 43.2 Å². The molecule has 2 aromatic carbocycles. The highest BCUT2D eigenvalue weighted by atomic mass is 16.2. The van der Waals surface area contributed by atoms with Crippen molar-refractivity contribution in [2.45, 2.75) is 44.2 Å². The van der Waals surface area contributed by atoms with Crippen LogP contribution in [0.3, 0.4) is 0 Å². The minimum absolute atomic E-state index is 0.0457. The van der Waals surface area contributed by atoms with Gasteiger partial charge in [-0.25, -0.2) is 4.79 Å². The number of aliphatic imine (C=N–C) groups is 1. The maximum absolute atomic E-state index is 13.9. The zero-order valence-corrected chi connectivity index (χ0v) is 17.8. The Bertz CT molecular complexity index is 1100. The molecule has 0 N–H and O–H groups in total. The molecule has 1 heterocycles. The molecular weight excluding hydrogens is 402 g/mol. The van der Waals surface area contributed by atoms with Gasteiger partial charge in [0.2, 0.25) is 12.1 Å². The van der Waals surface area contributed by atoms with Gasteiger partial charge in [-0.1, -0.05) is 30.3 Å². The van der Waals surface area contributed by atoms with E-state index in [1.807, 2.05) is 59.5 Å². The van der Waals surface area contributed by atoms with Gasteiger partial charge in [-0.3, -0.25) is 14.5 Å². The van der Waals surface area contributed by atoms with Gasteiger partial charge >= 0.3 is 0 Å². The minimum atomic E-state index is -1.42. The van der Waals surface area contributed by atoms with Crippen molar-refractivity contribution in [2.24, 2.45) is 28.7 Å². The number of fused-ring (bicyclic) bond motifs is 1. The first-order valence-corrected chi connectivity index (χ1v) is 11.5. The Morgan fingerprint density at radius 2 is 1.34 bits per heavy atom. The number of amides is 2. The number of hydrogen-bond donors (Lipinski definition) is 0. The molecule has 1 aliphatic heterocycles. The van der Waals surface area contributed by atoms with Crippen molar-refractivity contribution in [1.82, 2.24) is 0 Å². The van der Waals surface area contributed by atoms with Gasteiger partial charge in [-0.15, -0.1) is 0 Å². The van der Waals surface area contributed by atoms with E-state index in [1.54, 1.807) is 0 Å². The van der Waals surface area contributed by atoms with Gasteiger partial charge in [-0.05, 0) is 80.0 Å². The van der Waals surface area contributed by atoms with E-state index in [9.17, 15) is 14.4 Å².